The van der Waals surface area contributed by atoms with Gasteiger partial charge in [-0.15, -0.1) is 5.10 Å². The number of amides is 1. The second kappa shape index (κ2) is 5.23. The predicted molar refractivity (Wildman–Crippen MR) is 70.6 cm³/mol. The highest BCUT2D eigenvalue weighted by Crippen LogP contribution is 2.21. The van der Waals surface area contributed by atoms with E-state index in [2.05, 4.69) is 20.6 Å². The smallest absolute Gasteiger partial charge is 0.345 e. The topological polar surface area (TPSA) is 94.2 Å². The first-order valence-corrected chi connectivity index (χ1v) is 6.80. The van der Waals surface area contributed by atoms with Crippen LogP contribution in [0.2, 0.25) is 0 Å². The number of aromatic nitrogens is 5. The van der Waals surface area contributed by atoms with Crippen molar-refractivity contribution in [1.82, 2.24) is 29.7 Å². The van der Waals surface area contributed by atoms with Crippen LogP contribution in [0.5, 0.6) is 0 Å². The number of carbonyl (C=O) groups is 1. The van der Waals surface area contributed by atoms with Crippen LogP contribution in [0.25, 0.3) is 5.65 Å². The van der Waals surface area contributed by atoms with Gasteiger partial charge in [-0.05, 0) is 12.8 Å². The lowest BCUT2D eigenvalue weighted by atomic mass is 9.93. The zero-order valence-corrected chi connectivity index (χ0v) is 11.5. The van der Waals surface area contributed by atoms with E-state index in [1.165, 1.54) is 13.4 Å². The molecule has 9 heteroatoms. The van der Waals surface area contributed by atoms with E-state index in [9.17, 15) is 14.0 Å². The quantitative estimate of drug-likeness (QED) is 0.830. The monoisotopic (exact) mass is 294 g/mol. The molecule has 0 aromatic carbocycles. The van der Waals surface area contributed by atoms with Crippen LogP contribution in [0.1, 0.15) is 36.2 Å². The summed E-state index contributed by atoms with van der Waals surface area (Å²) in [4.78, 5) is 27.9. The van der Waals surface area contributed by atoms with E-state index in [1.807, 2.05) is 0 Å². The molecule has 0 radical (unpaired) electrons. The molecule has 8 nitrogen and oxygen atoms in total. The number of hydrogen-bond acceptors (Lipinski definition) is 5. The lowest BCUT2D eigenvalue weighted by Gasteiger charge is -2.26. The maximum Gasteiger partial charge on any atom is 0.352 e. The standard InChI is InChI=1S/C12H15FN6O2/c1-18-12(21)19-6-14-9(10(19)16-17-18)11(20)15-8-5-3-2-4-7(8)13/h6-8H,2-5H2,1H3,(H,15,20). The lowest BCUT2D eigenvalue weighted by molar-refractivity contribution is 0.0881. The Morgan fingerprint density at radius 3 is 2.95 bits per heavy atom. The molecule has 1 N–H and O–H groups in total. The molecule has 1 saturated carbocycles. The Morgan fingerprint density at radius 2 is 2.19 bits per heavy atom. The first kappa shape index (κ1) is 13.7. The van der Waals surface area contributed by atoms with E-state index in [0.717, 1.165) is 21.9 Å². The van der Waals surface area contributed by atoms with Gasteiger partial charge in [0.05, 0.1) is 6.04 Å². The van der Waals surface area contributed by atoms with Crippen LogP contribution in [0.3, 0.4) is 0 Å². The normalized spacial score (nSPS) is 22.4. The van der Waals surface area contributed by atoms with Crippen LogP contribution < -0.4 is 11.0 Å². The van der Waals surface area contributed by atoms with Crippen molar-refractivity contribution in [3.8, 4) is 0 Å². The van der Waals surface area contributed by atoms with Crippen molar-refractivity contribution in [1.29, 1.82) is 0 Å². The first-order chi connectivity index (χ1) is 10.1. The largest absolute Gasteiger partial charge is 0.352 e. The second-order valence-corrected chi connectivity index (χ2v) is 5.16. The maximum absolute atomic E-state index is 13.8. The van der Waals surface area contributed by atoms with Gasteiger partial charge in [0.1, 0.15) is 12.5 Å². The average Bonchev–Trinajstić information content (AvgIpc) is 2.90. The van der Waals surface area contributed by atoms with Gasteiger partial charge in [-0.25, -0.2) is 18.6 Å². The van der Waals surface area contributed by atoms with E-state index in [-0.39, 0.29) is 11.3 Å². The predicted octanol–water partition coefficient (Wildman–Crippen LogP) is -0.167. The van der Waals surface area contributed by atoms with Crippen LogP contribution in [-0.2, 0) is 7.05 Å². The zero-order valence-electron chi connectivity index (χ0n) is 11.5. The fraction of sp³-hybridized carbons (Fsp3) is 0.583. The van der Waals surface area contributed by atoms with Crippen molar-refractivity contribution in [3.63, 3.8) is 0 Å². The summed E-state index contributed by atoms with van der Waals surface area (Å²) in [6, 6.07) is -0.512. The highest BCUT2D eigenvalue weighted by molar-refractivity contribution is 5.98. The molecule has 0 spiro atoms. The van der Waals surface area contributed by atoms with Gasteiger partial charge >= 0.3 is 5.69 Å². The number of fused-ring (bicyclic) bond motifs is 1. The summed E-state index contributed by atoms with van der Waals surface area (Å²) in [7, 11) is 1.45. The number of aryl methyl sites for hydroxylation is 1. The number of imidazole rings is 1. The van der Waals surface area contributed by atoms with Crippen LogP contribution in [-0.4, -0.2) is 42.5 Å². The Morgan fingerprint density at radius 1 is 1.43 bits per heavy atom. The molecule has 0 aliphatic heterocycles. The third-order valence-electron chi connectivity index (χ3n) is 3.71. The third kappa shape index (κ3) is 2.39. The number of halogens is 1. The molecule has 1 fully saturated rings. The Hall–Kier alpha value is -2.32. The van der Waals surface area contributed by atoms with E-state index >= 15 is 0 Å². The molecule has 1 amide bonds. The molecule has 112 valence electrons. The molecule has 0 saturated heterocycles. The van der Waals surface area contributed by atoms with Crippen molar-refractivity contribution >= 4 is 11.6 Å². The van der Waals surface area contributed by atoms with Crippen LogP contribution in [0.4, 0.5) is 4.39 Å². The lowest BCUT2D eigenvalue weighted by Crippen LogP contribution is -2.43. The molecular formula is C12H15FN6O2. The molecule has 1 aliphatic rings. The first-order valence-electron chi connectivity index (χ1n) is 6.80. The van der Waals surface area contributed by atoms with Crippen molar-refractivity contribution in [2.75, 3.05) is 0 Å². The molecule has 2 heterocycles. The highest BCUT2D eigenvalue weighted by Gasteiger charge is 2.28. The Bertz CT molecular complexity index is 739. The summed E-state index contributed by atoms with van der Waals surface area (Å²) in [6.07, 6.45) is 2.95. The van der Waals surface area contributed by atoms with Crippen molar-refractivity contribution in [2.24, 2.45) is 7.05 Å². The van der Waals surface area contributed by atoms with Gasteiger partial charge in [-0.3, -0.25) is 4.79 Å². The number of carbonyl (C=O) groups excluding carboxylic acids is 1. The molecular weight excluding hydrogens is 279 g/mol. The molecule has 2 atom stereocenters. The minimum atomic E-state index is -1.05. The molecule has 21 heavy (non-hydrogen) atoms. The maximum atomic E-state index is 13.8. The Labute approximate surface area is 119 Å². The van der Waals surface area contributed by atoms with Crippen molar-refractivity contribution < 1.29 is 9.18 Å². The Kier molecular flexibility index (Phi) is 3.40. The van der Waals surface area contributed by atoms with Crippen LogP contribution >= 0.6 is 0 Å². The second-order valence-electron chi connectivity index (χ2n) is 5.16. The van der Waals surface area contributed by atoms with Gasteiger partial charge in [0.15, 0.2) is 11.3 Å². The summed E-state index contributed by atoms with van der Waals surface area (Å²) in [5, 5.41) is 10.0. The van der Waals surface area contributed by atoms with E-state index in [1.54, 1.807) is 0 Å². The summed E-state index contributed by atoms with van der Waals surface area (Å²) >= 11 is 0. The molecule has 3 rings (SSSR count). The van der Waals surface area contributed by atoms with Gasteiger partial charge in [-0.2, -0.15) is 4.68 Å². The third-order valence-corrected chi connectivity index (χ3v) is 3.71. The summed E-state index contributed by atoms with van der Waals surface area (Å²) in [5.41, 5.74) is -0.396. The fourth-order valence-electron chi connectivity index (χ4n) is 2.53. The molecule has 2 aromatic heterocycles. The van der Waals surface area contributed by atoms with Gasteiger partial charge in [0.2, 0.25) is 0 Å². The highest BCUT2D eigenvalue weighted by atomic mass is 19.1. The van der Waals surface area contributed by atoms with Crippen LogP contribution in [0.15, 0.2) is 11.1 Å². The van der Waals surface area contributed by atoms with Gasteiger partial charge < -0.3 is 5.32 Å². The summed E-state index contributed by atoms with van der Waals surface area (Å²) in [5.74, 6) is -0.533. The summed E-state index contributed by atoms with van der Waals surface area (Å²) in [6.45, 7) is 0. The van der Waals surface area contributed by atoms with Crippen LogP contribution in [0, 0.1) is 0 Å². The van der Waals surface area contributed by atoms with Gasteiger partial charge in [-0.1, -0.05) is 18.1 Å². The Balaban J connectivity index is 1.88. The zero-order chi connectivity index (χ0) is 15.0. The minimum absolute atomic E-state index is 0.0158. The van der Waals surface area contributed by atoms with E-state index in [0.29, 0.717) is 12.8 Å². The average molecular weight is 294 g/mol. The summed E-state index contributed by atoms with van der Waals surface area (Å²) < 4.78 is 15.9. The van der Waals surface area contributed by atoms with E-state index in [4.69, 9.17) is 0 Å². The molecule has 2 unspecified atom stereocenters. The minimum Gasteiger partial charge on any atom is -0.345 e. The van der Waals surface area contributed by atoms with Crippen molar-refractivity contribution in [3.05, 3.63) is 22.5 Å². The van der Waals surface area contributed by atoms with Crippen molar-refractivity contribution in [2.45, 2.75) is 37.9 Å². The fourth-order valence-corrected chi connectivity index (χ4v) is 2.53. The van der Waals surface area contributed by atoms with Gasteiger partial charge in [0, 0.05) is 7.05 Å². The van der Waals surface area contributed by atoms with Gasteiger partial charge in [0.25, 0.3) is 5.91 Å². The molecule has 0 bridgehead atoms. The molecule has 2 aromatic rings. The van der Waals surface area contributed by atoms with E-state index < -0.39 is 23.8 Å². The SMILES string of the molecule is Cn1nnc2c(C(=O)NC3CCCCC3F)ncn2c1=O. The molecule has 1 aliphatic carbocycles. The number of alkyl halides is 1. The number of nitrogens with zero attached hydrogens (tertiary/aromatic N) is 5. The number of nitrogens with one attached hydrogen (secondary N) is 1. The number of hydrogen-bond donors (Lipinski definition) is 1. The number of rotatable bonds is 2.